The van der Waals surface area contributed by atoms with Crippen molar-refractivity contribution in [2.75, 3.05) is 20.2 Å². The Kier molecular flexibility index (Phi) is 6.35. The SMILES string of the molecule is CCCOc1ccccc1/C=C/CCNC. The number of ether oxygens (including phenoxy) is 1. The molecule has 2 heteroatoms. The third-order valence-corrected chi connectivity index (χ3v) is 2.24. The van der Waals surface area contributed by atoms with Crippen LogP contribution in [0.1, 0.15) is 25.3 Å². The molecule has 16 heavy (non-hydrogen) atoms. The first-order valence-corrected chi connectivity index (χ1v) is 5.91. The van der Waals surface area contributed by atoms with Crippen molar-refractivity contribution >= 4 is 6.08 Å². The van der Waals surface area contributed by atoms with Crippen LogP contribution in [-0.2, 0) is 0 Å². The van der Waals surface area contributed by atoms with E-state index in [1.54, 1.807) is 0 Å². The van der Waals surface area contributed by atoms with E-state index in [-0.39, 0.29) is 0 Å². The third kappa shape index (κ3) is 4.49. The molecule has 0 aliphatic rings. The van der Waals surface area contributed by atoms with Crippen LogP contribution in [0.4, 0.5) is 0 Å². The zero-order chi connectivity index (χ0) is 11.6. The van der Waals surface area contributed by atoms with E-state index in [0.29, 0.717) is 0 Å². The highest BCUT2D eigenvalue weighted by atomic mass is 16.5. The van der Waals surface area contributed by atoms with Crippen LogP contribution in [0.3, 0.4) is 0 Å². The number of hydrogen-bond donors (Lipinski definition) is 1. The lowest BCUT2D eigenvalue weighted by Gasteiger charge is -2.07. The number of benzene rings is 1. The fraction of sp³-hybridized carbons (Fsp3) is 0.429. The summed E-state index contributed by atoms with van der Waals surface area (Å²) in [5.74, 6) is 0.977. The molecule has 0 spiro atoms. The largest absolute Gasteiger partial charge is 0.493 e. The summed E-state index contributed by atoms with van der Waals surface area (Å²) in [5, 5.41) is 3.12. The van der Waals surface area contributed by atoms with Crippen LogP contribution in [0.2, 0.25) is 0 Å². The molecular formula is C14H21NO. The molecule has 0 saturated carbocycles. The molecule has 0 aliphatic heterocycles. The van der Waals surface area contributed by atoms with Gasteiger partial charge in [0.1, 0.15) is 5.75 Å². The number of hydrogen-bond acceptors (Lipinski definition) is 2. The van der Waals surface area contributed by atoms with Crippen molar-refractivity contribution in [3.63, 3.8) is 0 Å². The molecule has 1 aromatic carbocycles. The van der Waals surface area contributed by atoms with Crippen molar-refractivity contribution in [3.05, 3.63) is 35.9 Å². The molecule has 88 valence electrons. The van der Waals surface area contributed by atoms with Gasteiger partial charge in [-0.2, -0.15) is 0 Å². The van der Waals surface area contributed by atoms with Crippen LogP contribution in [0.5, 0.6) is 5.75 Å². The van der Waals surface area contributed by atoms with Gasteiger partial charge in [-0.25, -0.2) is 0 Å². The molecule has 0 heterocycles. The Morgan fingerprint density at radius 1 is 1.31 bits per heavy atom. The van der Waals surface area contributed by atoms with Gasteiger partial charge in [0, 0.05) is 5.56 Å². The number of rotatable bonds is 7. The standard InChI is InChI=1S/C14H21NO/c1-3-12-16-14-10-5-4-8-13(14)9-6-7-11-15-2/h4-6,8-10,15H,3,7,11-12H2,1-2H3/b9-6+. The molecular weight excluding hydrogens is 198 g/mol. The Bertz CT molecular complexity index is 320. The van der Waals surface area contributed by atoms with Gasteiger partial charge in [-0.05, 0) is 32.5 Å². The van der Waals surface area contributed by atoms with E-state index >= 15 is 0 Å². The van der Waals surface area contributed by atoms with Crippen molar-refractivity contribution in [3.8, 4) is 5.75 Å². The van der Waals surface area contributed by atoms with Gasteiger partial charge in [-0.15, -0.1) is 0 Å². The molecule has 0 aliphatic carbocycles. The second-order valence-electron chi connectivity index (χ2n) is 3.68. The van der Waals surface area contributed by atoms with Gasteiger partial charge >= 0.3 is 0 Å². The van der Waals surface area contributed by atoms with Gasteiger partial charge in [-0.1, -0.05) is 37.3 Å². The summed E-state index contributed by atoms with van der Waals surface area (Å²) in [6.45, 7) is 3.90. The predicted molar refractivity (Wildman–Crippen MR) is 69.8 cm³/mol. The highest BCUT2D eigenvalue weighted by Crippen LogP contribution is 2.19. The van der Waals surface area contributed by atoms with Crippen molar-refractivity contribution in [1.82, 2.24) is 5.32 Å². The lowest BCUT2D eigenvalue weighted by Crippen LogP contribution is -2.05. The van der Waals surface area contributed by atoms with Gasteiger partial charge in [0.05, 0.1) is 6.61 Å². The van der Waals surface area contributed by atoms with Crippen molar-refractivity contribution < 1.29 is 4.74 Å². The molecule has 0 aromatic heterocycles. The normalized spacial score (nSPS) is 10.9. The van der Waals surface area contributed by atoms with Crippen molar-refractivity contribution in [1.29, 1.82) is 0 Å². The Labute approximate surface area is 98.3 Å². The summed E-state index contributed by atoms with van der Waals surface area (Å²) in [5.41, 5.74) is 1.16. The number of para-hydroxylation sites is 1. The maximum absolute atomic E-state index is 5.68. The van der Waals surface area contributed by atoms with Gasteiger partial charge in [-0.3, -0.25) is 0 Å². The summed E-state index contributed by atoms with van der Waals surface area (Å²) < 4.78 is 5.68. The molecule has 1 rings (SSSR count). The summed E-state index contributed by atoms with van der Waals surface area (Å²) >= 11 is 0. The lowest BCUT2D eigenvalue weighted by molar-refractivity contribution is 0.317. The highest BCUT2D eigenvalue weighted by molar-refractivity contribution is 5.57. The molecule has 0 atom stereocenters. The van der Waals surface area contributed by atoms with E-state index in [1.807, 2.05) is 25.2 Å². The van der Waals surface area contributed by atoms with E-state index in [9.17, 15) is 0 Å². The molecule has 0 saturated heterocycles. The summed E-state index contributed by atoms with van der Waals surface area (Å²) in [4.78, 5) is 0. The molecule has 0 unspecified atom stereocenters. The van der Waals surface area contributed by atoms with Gasteiger partial charge in [0.25, 0.3) is 0 Å². The van der Waals surface area contributed by atoms with Crippen LogP contribution >= 0.6 is 0 Å². The van der Waals surface area contributed by atoms with Gasteiger partial charge in [0.2, 0.25) is 0 Å². The van der Waals surface area contributed by atoms with E-state index in [2.05, 4.69) is 30.5 Å². The van der Waals surface area contributed by atoms with Crippen LogP contribution in [-0.4, -0.2) is 20.2 Å². The predicted octanol–water partition coefficient (Wildman–Crippen LogP) is 3.10. The fourth-order valence-corrected chi connectivity index (χ4v) is 1.40. The minimum atomic E-state index is 0.779. The average molecular weight is 219 g/mol. The number of nitrogens with one attached hydrogen (secondary N) is 1. The van der Waals surface area contributed by atoms with E-state index < -0.39 is 0 Å². The Balaban J connectivity index is 2.59. The van der Waals surface area contributed by atoms with E-state index in [1.165, 1.54) is 0 Å². The topological polar surface area (TPSA) is 21.3 Å². The summed E-state index contributed by atoms with van der Waals surface area (Å²) in [6.07, 6.45) is 6.38. The van der Waals surface area contributed by atoms with Crippen LogP contribution in [0.25, 0.3) is 6.08 Å². The molecule has 1 aromatic rings. The Morgan fingerprint density at radius 2 is 2.12 bits per heavy atom. The first-order valence-electron chi connectivity index (χ1n) is 5.91. The van der Waals surface area contributed by atoms with Crippen molar-refractivity contribution in [2.24, 2.45) is 0 Å². The molecule has 2 nitrogen and oxygen atoms in total. The van der Waals surface area contributed by atoms with Crippen molar-refractivity contribution in [2.45, 2.75) is 19.8 Å². The summed E-state index contributed by atoms with van der Waals surface area (Å²) in [7, 11) is 1.96. The molecule has 1 N–H and O–H groups in total. The maximum atomic E-state index is 5.68. The second-order valence-corrected chi connectivity index (χ2v) is 3.68. The first-order chi connectivity index (χ1) is 7.88. The quantitative estimate of drug-likeness (QED) is 0.711. The van der Waals surface area contributed by atoms with Crippen LogP contribution < -0.4 is 10.1 Å². The van der Waals surface area contributed by atoms with E-state index in [4.69, 9.17) is 4.74 Å². The van der Waals surface area contributed by atoms with Gasteiger partial charge < -0.3 is 10.1 Å². The fourth-order valence-electron chi connectivity index (χ4n) is 1.40. The first kappa shape index (κ1) is 12.8. The minimum Gasteiger partial charge on any atom is -0.493 e. The third-order valence-electron chi connectivity index (χ3n) is 2.24. The monoisotopic (exact) mass is 219 g/mol. The average Bonchev–Trinajstić information content (AvgIpc) is 2.33. The maximum Gasteiger partial charge on any atom is 0.126 e. The molecule has 0 bridgehead atoms. The van der Waals surface area contributed by atoms with E-state index in [0.717, 1.165) is 37.3 Å². The molecule has 0 amide bonds. The zero-order valence-electron chi connectivity index (χ0n) is 10.2. The summed E-state index contributed by atoms with van der Waals surface area (Å²) in [6, 6.07) is 8.15. The minimum absolute atomic E-state index is 0.779. The highest BCUT2D eigenvalue weighted by Gasteiger charge is 1.97. The van der Waals surface area contributed by atoms with Crippen LogP contribution in [0.15, 0.2) is 30.3 Å². The molecule has 0 radical (unpaired) electrons. The zero-order valence-corrected chi connectivity index (χ0v) is 10.2. The van der Waals surface area contributed by atoms with Crippen LogP contribution in [0, 0.1) is 0 Å². The molecule has 0 fully saturated rings. The second kappa shape index (κ2) is 7.94. The Morgan fingerprint density at radius 3 is 2.88 bits per heavy atom. The smallest absolute Gasteiger partial charge is 0.126 e. The Hall–Kier alpha value is -1.28. The lowest BCUT2D eigenvalue weighted by atomic mass is 10.2. The van der Waals surface area contributed by atoms with Gasteiger partial charge in [0.15, 0.2) is 0 Å².